The minimum atomic E-state index is -4.56. The van der Waals surface area contributed by atoms with Crippen molar-refractivity contribution >= 4 is 17.6 Å². The van der Waals surface area contributed by atoms with Crippen molar-refractivity contribution < 1.29 is 36.6 Å². The molecule has 0 spiro atoms. The van der Waals surface area contributed by atoms with Crippen molar-refractivity contribution in [1.82, 2.24) is 5.32 Å². The van der Waals surface area contributed by atoms with E-state index in [1.807, 2.05) is 0 Å². The van der Waals surface area contributed by atoms with Crippen molar-refractivity contribution in [2.45, 2.75) is 25.6 Å². The maximum atomic E-state index is 13.5. The van der Waals surface area contributed by atoms with E-state index in [0.29, 0.717) is 0 Å². The second-order valence-corrected chi connectivity index (χ2v) is 5.92. The van der Waals surface area contributed by atoms with E-state index >= 15 is 0 Å². The Hall–Kier alpha value is -3.30. The van der Waals surface area contributed by atoms with Gasteiger partial charge in [-0.2, -0.15) is 13.2 Å². The summed E-state index contributed by atoms with van der Waals surface area (Å²) in [6.45, 7) is 1.22. The molecule has 0 radical (unpaired) electrons. The highest BCUT2D eigenvalue weighted by Crippen LogP contribution is 2.35. The number of allylic oxidation sites excluding steroid dienone is 4. The fourth-order valence-electron chi connectivity index (χ4n) is 2.19. The molecule has 1 atom stereocenters. The lowest BCUT2D eigenvalue weighted by atomic mass is 10.1. The predicted octanol–water partition coefficient (Wildman–Crippen LogP) is 4.12. The van der Waals surface area contributed by atoms with Gasteiger partial charge in [-0.05, 0) is 24.3 Å². The van der Waals surface area contributed by atoms with Gasteiger partial charge in [-0.25, -0.2) is 4.39 Å². The van der Waals surface area contributed by atoms with Crippen molar-refractivity contribution in [3.8, 4) is 5.75 Å². The zero-order valence-electron chi connectivity index (χ0n) is 16.5. The highest BCUT2D eigenvalue weighted by Gasteiger charge is 2.31. The third-order valence-corrected chi connectivity index (χ3v) is 3.61. The first-order valence-corrected chi connectivity index (χ1v) is 8.63. The second-order valence-electron chi connectivity index (χ2n) is 5.92. The molecule has 30 heavy (non-hydrogen) atoms. The topological polar surface area (TPSA) is 76.7 Å². The normalized spacial score (nSPS) is 13.4. The van der Waals surface area contributed by atoms with Crippen LogP contribution in [0.4, 0.5) is 23.2 Å². The van der Waals surface area contributed by atoms with Crippen LogP contribution in [-0.4, -0.2) is 32.1 Å². The van der Waals surface area contributed by atoms with Crippen LogP contribution in [0.5, 0.6) is 5.75 Å². The molecule has 0 aromatic heterocycles. The molecule has 1 amide bonds. The summed E-state index contributed by atoms with van der Waals surface area (Å²) in [6.07, 6.45) is 1.28. The van der Waals surface area contributed by atoms with Crippen molar-refractivity contribution in [2.75, 3.05) is 19.5 Å². The number of amides is 1. The third kappa shape index (κ3) is 8.80. The fraction of sp³-hybridized carbons (Fsp3) is 0.300. The number of halogens is 4. The highest BCUT2D eigenvalue weighted by molar-refractivity contribution is 5.74. The van der Waals surface area contributed by atoms with Crippen LogP contribution in [-0.2, 0) is 20.5 Å². The van der Waals surface area contributed by atoms with E-state index in [4.69, 9.17) is 4.74 Å². The average Bonchev–Trinajstić information content (AvgIpc) is 2.68. The number of carbonyl (C=O) groups is 2. The van der Waals surface area contributed by atoms with Gasteiger partial charge in [0, 0.05) is 13.1 Å². The van der Waals surface area contributed by atoms with Crippen LogP contribution in [0.15, 0.2) is 54.5 Å². The molecule has 0 bridgehead atoms. The van der Waals surface area contributed by atoms with Gasteiger partial charge in [-0.15, -0.1) is 0 Å². The first kappa shape index (κ1) is 24.7. The van der Waals surface area contributed by atoms with Crippen molar-refractivity contribution in [1.29, 1.82) is 0 Å². The van der Waals surface area contributed by atoms with Crippen LogP contribution in [0.25, 0.3) is 0 Å². The lowest BCUT2D eigenvalue weighted by molar-refractivity contribution is -0.140. The lowest BCUT2D eigenvalue weighted by Gasteiger charge is -2.19. The molecule has 1 aromatic carbocycles. The summed E-state index contributed by atoms with van der Waals surface area (Å²) >= 11 is 0. The maximum absolute atomic E-state index is 13.5. The largest absolute Gasteiger partial charge is 0.495 e. The summed E-state index contributed by atoms with van der Waals surface area (Å²) in [5.74, 6) is -1.63. The third-order valence-electron chi connectivity index (χ3n) is 3.61. The summed E-state index contributed by atoms with van der Waals surface area (Å²) in [7, 11) is 2.47. The van der Waals surface area contributed by atoms with Gasteiger partial charge in [0.1, 0.15) is 11.6 Å². The van der Waals surface area contributed by atoms with E-state index in [0.717, 1.165) is 30.5 Å². The number of hydrogen-bond donors (Lipinski definition) is 2. The Morgan fingerprint density at radius 3 is 2.47 bits per heavy atom. The molecule has 0 aliphatic carbocycles. The van der Waals surface area contributed by atoms with Gasteiger partial charge in [-0.3, -0.25) is 9.59 Å². The van der Waals surface area contributed by atoms with E-state index in [9.17, 15) is 27.2 Å². The highest BCUT2D eigenvalue weighted by atomic mass is 19.4. The van der Waals surface area contributed by atoms with E-state index < -0.39 is 35.5 Å². The van der Waals surface area contributed by atoms with Crippen LogP contribution < -0.4 is 15.4 Å². The molecular formula is C20H22F4N2O4. The van der Waals surface area contributed by atoms with E-state index in [2.05, 4.69) is 15.4 Å². The number of ether oxygens (including phenoxy) is 2. The van der Waals surface area contributed by atoms with E-state index in [1.165, 1.54) is 39.4 Å². The Labute approximate surface area is 171 Å². The molecule has 0 aliphatic heterocycles. The molecule has 0 aliphatic rings. The Kier molecular flexibility index (Phi) is 9.60. The van der Waals surface area contributed by atoms with Gasteiger partial charge >= 0.3 is 12.1 Å². The van der Waals surface area contributed by atoms with Gasteiger partial charge < -0.3 is 20.1 Å². The molecule has 0 saturated carbocycles. The summed E-state index contributed by atoms with van der Waals surface area (Å²) < 4.78 is 62.2. The van der Waals surface area contributed by atoms with Crippen LogP contribution in [0.2, 0.25) is 0 Å². The van der Waals surface area contributed by atoms with Gasteiger partial charge in [0.15, 0.2) is 0 Å². The van der Waals surface area contributed by atoms with Crippen molar-refractivity contribution in [3.05, 3.63) is 60.1 Å². The van der Waals surface area contributed by atoms with Gasteiger partial charge in [-0.1, -0.05) is 18.2 Å². The SMILES string of the molecule is COC(=O)CC(/C=C/C=C\C(F)=C\NC(C)=O)Nc1cc(C(F)(F)F)ccc1OC. The molecule has 1 rings (SSSR count). The average molecular weight is 430 g/mol. The molecule has 2 N–H and O–H groups in total. The molecule has 0 heterocycles. The van der Waals surface area contributed by atoms with Gasteiger partial charge in [0.25, 0.3) is 0 Å². The Bertz CT molecular complexity index is 833. The van der Waals surface area contributed by atoms with Gasteiger partial charge in [0.2, 0.25) is 5.91 Å². The van der Waals surface area contributed by atoms with Crippen molar-refractivity contribution in [2.24, 2.45) is 0 Å². The Morgan fingerprint density at radius 1 is 1.20 bits per heavy atom. The summed E-state index contributed by atoms with van der Waals surface area (Å²) in [6, 6.07) is 2.12. The zero-order valence-corrected chi connectivity index (χ0v) is 16.5. The minimum Gasteiger partial charge on any atom is -0.495 e. The number of nitrogens with one attached hydrogen (secondary N) is 2. The Balaban J connectivity index is 3.05. The molecule has 164 valence electrons. The molecule has 0 fully saturated rings. The first-order chi connectivity index (χ1) is 14.1. The number of esters is 1. The number of carbonyl (C=O) groups excluding carboxylic acids is 2. The lowest BCUT2D eigenvalue weighted by Crippen LogP contribution is -2.22. The van der Waals surface area contributed by atoms with Crippen molar-refractivity contribution in [3.63, 3.8) is 0 Å². The minimum absolute atomic E-state index is 0.0200. The van der Waals surface area contributed by atoms with E-state index in [1.54, 1.807) is 0 Å². The van der Waals surface area contributed by atoms with Crippen LogP contribution in [0.3, 0.4) is 0 Å². The number of rotatable bonds is 9. The fourth-order valence-corrected chi connectivity index (χ4v) is 2.19. The number of anilines is 1. The molecule has 1 unspecified atom stereocenters. The molecule has 0 saturated heterocycles. The summed E-state index contributed by atoms with van der Waals surface area (Å²) in [5, 5.41) is 4.95. The van der Waals surface area contributed by atoms with Crippen LogP contribution in [0.1, 0.15) is 18.9 Å². The smallest absolute Gasteiger partial charge is 0.416 e. The standard InChI is InChI=1S/C20H22F4N2O4/c1-13(27)25-12-15(21)6-4-5-7-16(11-19(28)30-3)26-17-10-14(20(22,23)24)8-9-18(17)29-2/h4-10,12,16,26H,11H2,1-3H3,(H,25,27)/b6-4-,7-5+,15-12-. The number of methoxy groups -OCH3 is 2. The quantitative estimate of drug-likeness (QED) is 0.350. The Morgan fingerprint density at radius 2 is 1.90 bits per heavy atom. The van der Waals surface area contributed by atoms with Gasteiger partial charge in [0.05, 0.1) is 37.9 Å². The summed E-state index contributed by atoms with van der Waals surface area (Å²) in [4.78, 5) is 22.4. The second kappa shape index (κ2) is 11.6. The monoisotopic (exact) mass is 430 g/mol. The van der Waals surface area contributed by atoms with Crippen LogP contribution in [0, 0.1) is 0 Å². The maximum Gasteiger partial charge on any atom is 0.416 e. The first-order valence-electron chi connectivity index (χ1n) is 8.63. The summed E-state index contributed by atoms with van der Waals surface area (Å²) in [5.41, 5.74) is -0.872. The van der Waals surface area contributed by atoms with E-state index in [-0.39, 0.29) is 17.9 Å². The molecule has 10 heteroatoms. The predicted molar refractivity (Wildman–Crippen MR) is 103 cm³/mol. The number of hydrogen-bond acceptors (Lipinski definition) is 5. The molecule has 1 aromatic rings. The number of benzene rings is 1. The molecular weight excluding hydrogens is 408 g/mol. The van der Waals surface area contributed by atoms with Crippen LogP contribution >= 0.6 is 0 Å². The number of alkyl halides is 3. The molecule has 6 nitrogen and oxygen atoms in total. The zero-order chi connectivity index (χ0) is 22.7.